The van der Waals surface area contributed by atoms with Crippen LogP contribution in [0.15, 0.2) is 66.7 Å². The number of hydrogen-bond donors (Lipinski definition) is 0. The van der Waals surface area contributed by atoms with Crippen molar-refractivity contribution in [2.45, 2.75) is 6.92 Å². The number of ketones is 1. The average Bonchev–Trinajstić information content (AvgIpc) is 2.61. The van der Waals surface area contributed by atoms with Crippen LogP contribution in [0.5, 0.6) is 0 Å². The molecule has 1 heteroatoms. The molecule has 1 nitrogen and oxygen atoms in total. The van der Waals surface area contributed by atoms with Crippen molar-refractivity contribution in [3.8, 4) is 11.1 Å². The Balaban J connectivity index is 2.18. The van der Waals surface area contributed by atoms with Crippen LogP contribution >= 0.6 is 0 Å². The summed E-state index contributed by atoms with van der Waals surface area (Å²) in [6.07, 6.45) is 0. The standard InChI is InChI=1S/C18H14O/c1-13-12-15-10-6-3-7-11-16(15)17(13)18(19)14-8-4-2-5-9-14/h2-12H,1H3. The summed E-state index contributed by atoms with van der Waals surface area (Å²) in [6, 6.07) is 21.5. The van der Waals surface area contributed by atoms with E-state index in [0.717, 1.165) is 27.8 Å². The van der Waals surface area contributed by atoms with E-state index in [1.54, 1.807) is 0 Å². The molecular weight excluding hydrogens is 232 g/mol. The fourth-order valence-corrected chi connectivity index (χ4v) is 2.47. The van der Waals surface area contributed by atoms with E-state index in [1.807, 2.05) is 67.6 Å². The smallest absolute Gasteiger partial charge is 0.193 e. The van der Waals surface area contributed by atoms with E-state index in [-0.39, 0.29) is 5.78 Å². The van der Waals surface area contributed by atoms with Crippen LogP contribution in [0.1, 0.15) is 21.5 Å². The highest BCUT2D eigenvalue weighted by Crippen LogP contribution is 2.32. The zero-order valence-corrected chi connectivity index (χ0v) is 10.8. The van der Waals surface area contributed by atoms with Crippen LogP contribution in [0.4, 0.5) is 0 Å². The SMILES string of the molecule is Cc1cc2cccccc-2c1C(=O)c1ccccc1. The van der Waals surface area contributed by atoms with Crippen molar-refractivity contribution in [3.05, 3.63) is 83.4 Å². The van der Waals surface area contributed by atoms with Crippen molar-refractivity contribution < 1.29 is 4.79 Å². The van der Waals surface area contributed by atoms with Gasteiger partial charge in [0.1, 0.15) is 0 Å². The van der Waals surface area contributed by atoms with E-state index < -0.39 is 0 Å². The summed E-state index contributed by atoms with van der Waals surface area (Å²) < 4.78 is 0. The number of aryl methyl sites for hydroxylation is 1. The minimum Gasteiger partial charge on any atom is -0.289 e. The molecular formula is C18H14O. The lowest BCUT2D eigenvalue weighted by atomic mass is 9.99. The molecule has 2 aliphatic carbocycles. The Hall–Kier alpha value is -2.41. The van der Waals surface area contributed by atoms with Crippen LogP contribution in [0.2, 0.25) is 0 Å². The number of benzene rings is 1. The van der Waals surface area contributed by atoms with Gasteiger partial charge in [-0.3, -0.25) is 4.79 Å². The summed E-state index contributed by atoms with van der Waals surface area (Å²) in [6.45, 7) is 2.00. The first-order valence-corrected chi connectivity index (χ1v) is 6.35. The van der Waals surface area contributed by atoms with Gasteiger partial charge in [-0.25, -0.2) is 0 Å². The molecule has 0 heterocycles. The molecule has 0 N–H and O–H groups in total. The molecule has 0 aromatic heterocycles. The molecule has 0 spiro atoms. The lowest BCUT2D eigenvalue weighted by Crippen LogP contribution is -2.02. The Morgan fingerprint density at radius 1 is 0.842 bits per heavy atom. The predicted molar refractivity (Wildman–Crippen MR) is 77.7 cm³/mol. The number of rotatable bonds is 2. The highest BCUT2D eigenvalue weighted by atomic mass is 16.1. The van der Waals surface area contributed by atoms with Crippen molar-refractivity contribution >= 4 is 5.78 Å². The van der Waals surface area contributed by atoms with E-state index in [9.17, 15) is 4.79 Å². The average molecular weight is 246 g/mol. The van der Waals surface area contributed by atoms with Gasteiger partial charge in [-0.2, -0.15) is 0 Å². The number of carbonyl (C=O) groups excluding carboxylic acids is 1. The van der Waals surface area contributed by atoms with Gasteiger partial charge in [0.05, 0.1) is 0 Å². The van der Waals surface area contributed by atoms with Crippen LogP contribution in [0.3, 0.4) is 0 Å². The van der Waals surface area contributed by atoms with E-state index in [1.165, 1.54) is 0 Å². The van der Waals surface area contributed by atoms with E-state index in [4.69, 9.17) is 0 Å². The Kier molecular flexibility index (Phi) is 2.88. The minimum atomic E-state index is 0.0966. The quantitative estimate of drug-likeness (QED) is 0.615. The van der Waals surface area contributed by atoms with Gasteiger partial charge in [-0.05, 0) is 23.6 Å². The topological polar surface area (TPSA) is 17.1 Å². The summed E-state index contributed by atoms with van der Waals surface area (Å²) in [5, 5.41) is 0. The van der Waals surface area contributed by atoms with E-state index in [0.29, 0.717) is 0 Å². The van der Waals surface area contributed by atoms with Gasteiger partial charge >= 0.3 is 0 Å². The second-order valence-corrected chi connectivity index (χ2v) is 4.68. The molecule has 0 atom stereocenters. The third kappa shape index (κ3) is 2.04. The summed E-state index contributed by atoms with van der Waals surface area (Å²) in [4.78, 5) is 12.6. The Morgan fingerprint density at radius 2 is 1.47 bits per heavy atom. The maximum Gasteiger partial charge on any atom is 0.193 e. The van der Waals surface area contributed by atoms with E-state index >= 15 is 0 Å². The van der Waals surface area contributed by atoms with Gasteiger partial charge < -0.3 is 0 Å². The molecule has 0 fully saturated rings. The van der Waals surface area contributed by atoms with Gasteiger partial charge in [0, 0.05) is 11.1 Å². The van der Waals surface area contributed by atoms with Crippen LogP contribution < -0.4 is 0 Å². The molecule has 0 aliphatic heterocycles. The van der Waals surface area contributed by atoms with E-state index in [2.05, 4.69) is 6.07 Å². The third-order valence-electron chi connectivity index (χ3n) is 3.37. The van der Waals surface area contributed by atoms with Gasteiger partial charge in [-0.1, -0.05) is 66.7 Å². The first kappa shape index (κ1) is 11.7. The first-order chi connectivity index (χ1) is 9.27. The Morgan fingerprint density at radius 3 is 2.21 bits per heavy atom. The second-order valence-electron chi connectivity index (χ2n) is 4.68. The fraction of sp³-hybridized carbons (Fsp3) is 0.0556. The maximum atomic E-state index is 12.6. The summed E-state index contributed by atoms with van der Waals surface area (Å²) in [7, 11) is 0. The summed E-state index contributed by atoms with van der Waals surface area (Å²) in [5.41, 5.74) is 4.73. The van der Waals surface area contributed by atoms with Gasteiger partial charge in [0.2, 0.25) is 0 Å². The van der Waals surface area contributed by atoms with Crippen molar-refractivity contribution in [2.24, 2.45) is 0 Å². The Labute approximate surface area is 112 Å². The highest BCUT2D eigenvalue weighted by molar-refractivity contribution is 6.14. The van der Waals surface area contributed by atoms with Gasteiger partial charge in [0.25, 0.3) is 0 Å². The second kappa shape index (κ2) is 4.69. The summed E-state index contributed by atoms with van der Waals surface area (Å²) in [5.74, 6) is 0.0966. The number of hydrogen-bond acceptors (Lipinski definition) is 1. The van der Waals surface area contributed by atoms with Crippen LogP contribution in [-0.4, -0.2) is 5.78 Å². The van der Waals surface area contributed by atoms with Crippen molar-refractivity contribution in [2.75, 3.05) is 0 Å². The fourth-order valence-electron chi connectivity index (χ4n) is 2.47. The number of carbonyl (C=O) groups is 1. The molecule has 0 radical (unpaired) electrons. The molecule has 1 aromatic rings. The molecule has 0 bridgehead atoms. The molecule has 19 heavy (non-hydrogen) atoms. The first-order valence-electron chi connectivity index (χ1n) is 6.35. The van der Waals surface area contributed by atoms with Crippen LogP contribution in [-0.2, 0) is 0 Å². The maximum absolute atomic E-state index is 12.6. The molecule has 0 amide bonds. The third-order valence-corrected chi connectivity index (χ3v) is 3.37. The molecule has 1 aromatic carbocycles. The molecule has 0 unspecified atom stereocenters. The molecule has 2 aliphatic rings. The highest BCUT2D eigenvalue weighted by Gasteiger charge is 2.19. The largest absolute Gasteiger partial charge is 0.289 e. The van der Waals surface area contributed by atoms with Crippen molar-refractivity contribution in [3.63, 3.8) is 0 Å². The zero-order chi connectivity index (χ0) is 13.2. The normalized spacial score (nSPS) is 10.6. The molecule has 92 valence electrons. The predicted octanol–water partition coefficient (Wildman–Crippen LogP) is 4.33. The van der Waals surface area contributed by atoms with Gasteiger partial charge in [-0.15, -0.1) is 0 Å². The van der Waals surface area contributed by atoms with Crippen molar-refractivity contribution in [1.82, 2.24) is 0 Å². The molecule has 3 rings (SSSR count). The monoisotopic (exact) mass is 246 g/mol. The van der Waals surface area contributed by atoms with Crippen LogP contribution in [0, 0.1) is 6.92 Å². The lowest BCUT2D eigenvalue weighted by Gasteiger charge is -2.03. The lowest BCUT2D eigenvalue weighted by molar-refractivity contribution is 0.103. The Bertz CT molecular complexity index is 698. The van der Waals surface area contributed by atoms with Gasteiger partial charge in [0.15, 0.2) is 5.78 Å². The molecule has 0 saturated heterocycles. The minimum absolute atomic E-state index is 0.0966. The summed E-state index contributed by atoms with van der Waals surface area (Å²) >= 11 is 0. The zero-order valence-electron chi connectivity index (χ0n) is 10.8. The van der Waals surface area contributed by atoms with Crippen LogP contribution in [0.25, 0.3) is 11.1 Å². The van der Waals surface area contributed by atoms with Crippen molar-refractivity contribution in [1.29, 1.82) is 0 Å². The number of fused-ring (bicyclic) bond motifs is 1. The molecule has 0 saturated carbocycles.